The summed E-state index contributed by atoms with van der Waals surface area (Å²) >= 11 is 0. The number of aliphatic hydroxyl groups is 1. The highest BCUT2D eigenvalue weighted by Crippen LogP contribution is 2.45. The van der Waals surface area contributed by atoms with Gasteiger partial charge in [0.25, 0.3) is 0 Å². The van der Waals surface area contributed by atoms with Crippen LogP contribution in [0.25, 0.3) is 0 Å². The van der Waals surface area contributed by atoms with E-state index in [2.05, 4.69) is 34.6 Å². The maximum Gasteiger partial charge on any atom is 0.472 e. The first-order valence-corrected chi connectivity index (χ1v) is 44.6. The minimum atomic E-state index is -4.96. The maximum atomic E-state index is 13.1. The molecule has 0 bridgehead atoms. The van der Waals surface area contributed by atoms with E-state index in [0.717, 1.165) is 95.8 Å². The van der Waals surface area contributed by atoms with Crippen molar-refractivity contribution in [1.82, 2.24) is 0 Å². The normalized spacial score (nSPS) is 13.9. The molecule has 0 heterocycles. The molecule has 0 aliphatic heterocycles. The number of carbonyl (C=O) groups is 4. The van der Waals surface area contributed by atoms with Gasteiger partial charge in [0.15, 0.2) is 12.2 Å². The van der Waals surface area contributed by atoms with Crippen LogP contribution in [0.5, 0.6) is 0 Å². The number of hydrogen-bond donors (Lipinski definition) is 3. The molecule has 2 unspecified atom stereocenters. The van der Waals surface area contributed by atoms with Crippen LogP contribution >= 0.6 is 15.6 Å². The molecule has 0 fully saturated rings. The van der Waals surface area contributed by atoms with E-state index in [4.69, 9.17) is 37.0 Å². The van der Waals surface area contributed by atoms with Crippen molar-refractivity contribution in [3.63, 3.8) is 0 Å². The lowest BCUT2D eigenvalue weighted by molar-refractivity contribution is -0.161. The maximum absolute atomic E-state index is 13.1. The van der Waals surface area contributed by atoms with Crippen molar-refractivity contribution in [3.05, 3.63) is 0 Å². The largest absolute Gasteiger partial charge is 0.472 e. The van der Waals surface area contributed by atoms with Gasteiger partial charge in [-0.2, -0.15) is 0 Å². The van der Waals surface area contributed by atoms with E-state index in [1.165, 1.54) is 250 Å². The first-order valence-electron chi connectivity index (χ1n) is 41.6. The summed E-state index contributed by atoms with van der Waals surface area (Å²) in [6.07, 6.45) is 63.7. The number of phosphoric acid groups is 2. The van der Waals surface area contributed by atoms with E-state index in [1.54, 1.807) is 0 Å². The molecule has 0 spiro atoms. The summed E-state index contributed by atoms with van der Waals surface area (Å²) in [5, 5.41) is 10.6. The SMILES string of the molecule is CCCCCCCCCCCCCCCCCCCCC(=O)O[C@H](COC(=O)CCCCCCCCCCCCCCCCCC)COP(=O)(O)OC[C@@H](O)COP(=O)(O)OC[C@@H](COC(=O)CCCCCCCCCCCC)OC(=O)CCCCCCCCCCCCCCC(C)C. The van der Waals surface area contributed by atoms with Crippen LogP contribution in [0, 0.1) is 5.92 Å². The van der Waals surface area contributed by atoms with Gasteiger partial charge in [0, 0.05) is 25.7 Å². The first kappa shape index (κ1) is 97.1. The zero-order chi connectivity index (χ0) is 72.7. The predicted molar refractivity (Wildman–Crippen MR) is 405 cm³/mol. The van der Waals surface area contributed by atoms with Crippen molar-refractivity contribution in [2.75, 3.05) is 39.6 Å². The predicted octanol–water partition coefficient (Wildman–Crippen LogP) is 24.0. The number of hydrogen-bond acceptors (Lipinski definition) is 15. The van der Waals surface area contributed by atoms with Crippen LogP contribution in [-0.4, -0.2) is 96.7 Å². The first-order chi connectivity index (χ1) is 48.0. The third-order valence-electron chi connectivity index (χ3n) is 18.8. The van der Waals surface area contributed by atoms with Gasteiger partial charge in [0.1, 0.15) is 19.3 Å². The van der Waals surface area contributed by atoms with E-state index in [0.29, 0.717) is 25.7 Å². The standard InChI is InChI=1S/C80H156O17P2/c1-6-9-12-15-18-21-24-26-28-30-31-33-35-40-45-50-55-60-65-79(84)97-76(70-91-78(83)64-59-54-49-44-39-34-32-29-27-25-22-19-16-13-10-7-2)72-95-99(88,89)93-68-74(81)67-92-98(86,87)94-71-75(69-90-77(82)63-58-53-48-43-23-20-17-14-11-8-3)96-80(85)66-61-56-51-46-41-37-36-38-42-47-52-57-62-73(4)5/h73-76,81H,6-72H2,1-5H3,(H,86,87)(H,88,89)/t74-,75+,76+/m0/s1. The molecule has 0 aliphatic carbocycles. The third-order valence-corrected chi connectivity index (χ3v) is 20.7. The number of esters is 4. The van der Waals surface area contributed by atoms with Crippen LogP contribution in [0.2, 0.25) is 0 Å². The Morgan fingerprint density at radius 2 is 0.465 bits per heavy atom. The van der Waals surface area contributed by atoms with Gasteiger partial charge in [-0.25, -0.2) is 9.13 Å². The average Bonchev–Trinajstić information content (AvgIpc) is 1.10. The summed E-state index contributed by atoms with van der Waals surface area (Å²) in [6, 6.07) is 0. The number of unbranched alkanes of at least 4 members (excludes halogenated alkanes) is 52. The Hall–Kier alpha value is -1.94. The van der Waals surface area contributed by atoms with Crippen molar-refractivity contribution in [2.45, 2.75) is 445 Å². The monoisotopic (exact) mass is 1450 g/mol. The second-order valence-corrected chi connectivity index (χ2v) is 32.2. The van der Waals surface area contributed by atoms with Gasteiger partial charge in [-0.3, -0.25) is 37.3 Å². The molecule has 588 valence electrons. The Morgan fingerprint density at radius 3 is 0.687 bits per heavy atom. The van der Waals surface area contributed by atoms with E-state index >= 15 is 0 Å². The molecule has 0 amide bonds. The molecule has 99 heavy (non-hydrogen) atoms. The van der Waals surface area contributed by atoms with Gasteiger partial charge in [-0.05, 0) is 31.6 Å². The van der Waals surface area contributed by atoms with E-state index in [-0.39, 0.29) is 25.7 Å². The van der Waals surface area contributed by atoms with Gasteiger partial charge in [-0.15, -0.1) is 0 Å². The molecule has 0 saturated carbocycles. The van der Waals surface area contributed by atoms with E-state index < -0.39 is 97.5 Å². The van der Waals surface area contributed by atoms with Gasteiger partial charge in [-0.1, -0.05) is 375 Å². The summed E-state index contributed by atoms with van der Waals surface area (Å²) in [5.74, 6) is -1.33. The van der Waals surface area contributed by atoms with Gasteiger partial charge >= 0.3 is 39.5 Å². The molecule has 5 atom stereocenters. The Bertz CT molecular complexity index is 1890. The zero-order valence-corrected chi connectivity index (χ0v) is 66.4. The lowest BCUT2D eigenvalue weighted by atomic mass is 10.0. The van der Waals surface area contributed by atoms with Crippen LogP contribution in [0.3, 0.4) is 0 Å². The number of ether oxygens (including phenoxy) is 4. The average molecular weight is 1450 g/mol. The minimum Gasteiger partial charge on any atom is -0.462 e. The topological polar surface area (TPSA) is 237 Å². The lowest BCUT2D eigenvalue weighted by Gasteiger charge is -2.21. The number of aliphatic hydroxyl groups excluding tert-OH is 1. The highest BCUT2D eigenvalue weighted by Gasteiger charge is 2.30. The second kappa shape index (κ2) is 73.0. The molecule has 0 rings (SSSR count). The van der Waals surface area contributed by atoms with Crippen LogP contribution in [0.1, 0.15) is 426 Å². The third kappa shape index (κ3) is 74.1. The summed E-state index contributed by atoms with van der Waals surface area (Å²) in [7, 11) is -9.92. The summed E-state index contributed by atoms with van der Waals surface area (Å²) in [5.41, 5.74) is 0. The molecular weight excluding hydrogens is 1290 g/mol. The molecule has 17 nitrogen and oxygen atoms in total. The van der Waals surface area contributed by atoms with Crippen LogP contribution in [0.4, 0.5) is 0 Å². The highest BCUT2D eigenvalue weighted by atomic mass is 31.2. The molecular formula is C80H156O17P2. The van der Waals surface area contributed by atoms with Crippen molar-refractivity contribution in [3.8, 4) is 0 Å². The molecule has 0 saturated heterocycles. The lowest BCUT2D eigenvalue weighted by Crippen LogP contribution is -2.30. The van der Waals surface area contributed by atoms with Crippen molar-refractivity contribution < 1.29 is 80.2 Å². The van der Waals surface area contributed by atoms with E-state index in [1.807, 2.05) is 0 Å². The van der Waals surface area contributed by atoms with Crippen molar-refractivity contribution in [1.29, 1.82) is 0 Å². The second-order valence-electron chi connectivity index (χ2n) is 29.3. The molecule has 0 aromatic carbocycles. The number of carbonyl (C=O) groups excluding carboxylic acids is 4. The van der Waals surface area contributed by atoms with Crippen LogP contribution in [-0.2, 0) is 65.4 Å². The number of rotatable bonds is 80. The van der Waals surface area contributed by atoms with Gasteiger partial charge < -0.3 is 33.8 Å². The Labute approximate surface area is 607 Å². The molecule has 0 aromatic heterocycles. The smallest absolute Gasteiger partial charge is 0.462 e. The van der Waals surface area contributed by atoms with Crippen molar-refractivity contribution >= 4 is 39.5 Å². The molecule has 0 aliphatic rings. The molecule has 0 radical (unpaired) electrons. The Balaban J connectivity index is 5.24. The van der Waals surface area contributed by atoms with Crippen molar-refractivity contribution in [2.24, 2.45) is 5.92 Å². The highest BCUT2D eigenvalue weighted by molar-refractivity contribution is 7.47. The quantitative estimate of drug-likeness (QED) is 0.0222. The van der Waals surface area contributed by atoms with Crippen LogP contribution in [0.15, 0.2) is 0 Å². The summed E-state index contributed by atoms with van der Waals surface area (Å²) in [4.78, 5) is 73.0. The fourth-order valence-corrected chi connectivity index (χ4v) is 14.0. The van der Waals surface area contributed by atoms with E-state index in [9.17, 15) is 43.2 Å². The summed E-state index contributed by atoms with van der Waals surface area (Å²) in [6.45, 7) is 7.33. The molecule has 19 heteroatoms. The fourth-order valence-electron chi connectivity index (χ4n) is 12.4. The molecule has 0 aromatic rings. The van der Waals surface area contributed by atoms with Gasteiger partial charge in [0.2, 0.25) is 0 Å². The fraction of sp³-hybridized carbons (Fsp3) is 0.950. The Kier molecular flexibility index (Phi) is 71.6. The Morgan fingerprint density at radius 1 is 0.273 bits per heavy atom. The minimum absolute atomic E-state index is 0.107. The van der Waals surface area contributed by atoms with Gasteiger partial charge in [0.05, 0.1) is 26.4 Å². The molecule has 3 N–H and O–H groups in total. The summed E-state index contributed by atoms with van der Waals surface area (Å²) < 4.78 is 68.7. The number of phosphoric ester groups is 2. The zero-order valence-electron chi connectivity index (χ0n) is 64.6. The van der Waals surface area contributed by atoms with Crippen LogP contribution < -0.4 is 0 Å².